The van der Waals surface area contributed by atoms with Gasteiger partial charge in [0.05, 0.1) is 11.8 Å². The van der Waals surface area contributed by atoms with E-state index in [1.54, 1.807) is 18.3 Å². The first-order valence-electron chi connectivity index (χ1n) is 9.14. The average molecular weight is 373 g/mol. The van der Waals surface area contributed by atoms with E-state index in [1.165, 1.54) is 6.20 Å². The highest BCUT2D eigenvalue weighted by molar-refractivity contribution is 5.84. The molecule has 0 bridgehead atoms. The number of hydrogen-bond donors (Lipinski definition) is 0. The summed E-state index contributed by atoms with van der Waals surface area (Å²) in [4.78, 5) is 23.5. The maximum absolute atomic E-state index is 12.6. The molecule has 0 saturated carbocycles. The molecule has 0 N–H and O–H groups in total. The van der Waals surface area contributed by atoms with Gasteiger partial charge in [0, 0.05) is 36.4 Å². The SMILES string of the molecule is CCN(CC)c1ccc2cc(-c3cnnc(-c4ccccn4)n3)c(=O)oc2c1. The minimum Gasteiger partial charge on any atom is -0.422 e. The molecule has 0 saturated heterocycles. The predicted octanol–water partition coefficient (Wildman–Crippen LogP) is 3.55. The average Bonchev–Trinajstić information content (AvgIpc) is 2.75. The second-order valence-electron chi connectivity index (χ2n) is 6.22. The first kappa shape index (κ1) is 17.8. The molecule has 0 aliphatic heterocycles. The summed E-state index contributed by atoms with van der Waals surface area (Å²) in [6, 6.07) is 13.1. The number of fused-ring (bicyclic) bond motifs is 1. The maximum Gasteiger partial charge on any atom is 0.345 e. The van der Waals surface area contributed by atoms with Crippen LogP contribution in [-0.2, 0) is 0 Å². The number of benzene rings is 1. The van der Waals surface area contributed by atoms with Crippen LogP contribution >= 0.6 is 0 Å². The monoisotopic (exact) mass is 373 g/mol. The van der Waals surface area contributed by atoms with Crippen molar-refractivity contribution in [3.05, 3.63) is 65.3 Å². The number of aromatic nitrogens is 4. The smallest absolute Gasteiger partial charge is 0.345 e. The Hall–Kier alpha value is -3.61. The Labute approximate surface area is 161 Å². The van der Waals surface area contributed by atoms with Crippen LogP contribution in [0, 0.1) is 0 Å². The minimum atomic E-state index is -0.461. The molecule has 140 valence electrons. The van der Waals surface area contributed by atoms with E-state index in [1.807, 2.05) is 30.3 Å². The van der Waals surface area contributed by atoms with E-state index in [0.717, 1.165) is 24.2 Å². The molecular formula is C21H19N5O2. The molecule has 0 aliphatic carbocycles. The normalized spacial score (nSPS) is 10.9. The third kappa shape index (κ3) is 3.34. The summed E-state index contributed by atoms with van der Waals surface area (Å²) in [7, 11) is 0. The van der Waals surface area contributed by atoms with Gasteiger partial charge in [0.25, 0.3) is 0 Å². The van der Waals surface area contributed by atoms with Gasteiger partial charge in [0.1, 0.15) is 17.0 Å². The summed E-state index contributed by atoms with van der Waals surface area (Å²) in [5.41, 5.74) is 2.44. The standard InChI is InChI=1S/C21H19N5O2/c1-3-26(4-2)15-9-8-14-11-16(21(27)28-19(14)12-15)18-13-23-25-20(24-18)17-7-5-6-10-22-17/h5-13H,3-4H2,1-2H3. The molecule has 0 fully saturated rings. The van der Waals surface area contributed by atoms with E-state index >= 15 is 0 Å². The lowest BCUT2D eigenvalue weighted by Crippen LogP contribution is -2.21. The minimum absolute atomic E-state index is 0.343. The summed E-state index contributed by atoms with van der Waals surface area (Å²) < 4.78 is 5.59. The van der Waals surface area contributed by atoms with Crippen LogP contribution in [0.1, 0.15) is 13.8 Å². The van der Waals surface area contributed by atoms with Gasteiger partial charge >= 0.3 is 5.63 Å². The summed E-state index contributed by atoms with van der Waals surface area (Å²) in [6.07, 6.45) is 3.11. The van der Waals surface area contributed by atoms with Gasteiger partial charge in [0.2, 0.25) is 5.82 Å². The molecule has 0 amide bonds. The lowest BCUT2D eigenvalue weighted by molar-refractivity contribution is 0.563. The fourth-order valence-corrected chi connectivity index (χ4v) is 3.10. The Kier molecular flexibility index (Phi) is 4.80. The summed E-state index contributed by atoms with van der Waals surface area (Å²) in [5, 5.41) is 8.82. The molecule has 28 heavy (non-hydrogen) atoms. The van der Waals surface area contributed by atoms with Crippen LogP contribution in [0.2, 0.25) is 0 Å². The maximum atomic E-state index is 12.6. The summed E-state index contributed by atoms with van der Waals surface area (Å²) in [6.45, 7) is 5.95. The Bertz CT molecular complexity index is 1170. The number of hydrogen-bond acceptors (Lipinski definition) is 7. The molecule has 0 spiro atoms. The van der Waals surface area contributed by atoms with Crippen molar-refractivity contribution < 1.29 is 4.42 Å². The van der Waals surface area contributed by atoms with Gasteiger partial charge in [-0.1, -0.05) is 6.07 Å². The number of anilines is 1. The number of rotatable bonds is 5. The van der Waals surface area contributed by atoms with Gasteiger partial charge in [-0.3, -0.25) is 4.98 Å². The zero-order chi connectivity index (χ0) is 19.5. The molecule has 0 atom stereocenters. The Balaban J connectivity index is 1.79. The van der Waals surface area contributed by atoms with Crippen LogP contribution in [0.15, 0.2) is 64.1 Å². The number of nitrogens with zero attached hydrogens (tertiary/aromatic N) is 5. The van der Waals surface area contributed by atoms with E-state index < -0.39 is 5.63 Å². The van der Waals surface area contributed by atoms with Crippen molar-refractivity contribution in [1.82, 2.24) is 20.2 Å². The largest absolute Gasteiger partial charge is 0.422 e. The van der Waals surface area contributed by atoms with E-state index in [-0.39, 0.29) is 0 Å². The van der Waals surface area contributed by atoms with Crippen molar-refractivity contribution in [3.8, 4) is 22.8 Å². The molecule has 0 unspecified atom stereocenters. The summed E-state index contributed by atoms with van der Waals surface area (Å²) in [5.74, 6) is 0.356. The fraction of sp³-hybridized carbons (Fsp3) is 0.190. The van der Waals surface area contributed by atoms with Gasteiger partial charge in [-0.25, -0.2) is 9.78 Å². The molecule has 1 aromatic carbocycles. The van der Waals surface area contributed by atoms with Crippen LogP contribution in [0.25, 0.3) is 33.7 Å². The van der Waals surface area contributed by atoms with Gasteiger partial charge in [-0.15, -0.1) is 5.10 Å². The van der Waals surface area contributed by atoms with Crippen molar-refractivity contribution in [2.24, 2.45) is 0 Å². The molecule has 3 heterocycles. The molecule has 4 aromatic rings. The third-order valence-corrected chi connectivity index (χ3v) is 4.58. The van der Waals surface area contributed by atoms with Crippen molar-refractivity contribution in [3.63, 3.8) is 0 Å². The van der Waals surface area contributed by atoms with Gasteiger partial charge in [0.15, 0.2) is 0 Å². The lowest BCUT2D eigenvalue weighted by Gasteiger charge is -2.21. The van der Waals surface area contributed by atoms with Crippen molar-refractivity contribution >= 4 is 16.7 Å². The predicted molar refractivity (Wildman–Crippen MR) is 108 cm³/mol. The van der Waals surface area contributed by atoms with Crippen LogP contribution in [0.5, 0.6) is 0 Å². The molecule has 7 heteroatoms. The fourth-order valence-electron chi connectivity index (χ4n) is 3.10. The molecule has 4 rings (SSSR count). The van der Waals surface area contributed by atoms with E-state index in [4.69, 9.17) is 4.42 Å². The Morgan fingerprint density at radius 3 is 2.64 bits per heavy atom. The molecule has 0 aliphatic rings. The van der Waals surface area contributed by atoms with Gasteiger partial charge < -0.3 is 9.32 Å². The van der Waals surface area contributed by atoms with Crippen molar-refractivity contribution in [2.75, 3.05) is 18.0 Å². The third-order valence-electron chi connectivity index (χ3n) is 4.58. The highest BCUT2D eigenvalue weighted by Gasteiger charge is 2.13. The van der Waals surface area contributed by atoms with E-state index in [0.29, 0.717) is 28.4 Å². The quantitative estimate of drug-likeness (QED) is 0.495. The zero-order valence-corrected chi connectivity index (χ0v) is 15.7. The van der Waals surface area contributed by atoms with Crippen molar-refractivity contribution in [2.45, 2.75) is 13.8 Å². The van der Waals surface area contributed by atoms with Crippen LogP contribution in [0.3, 0.4) is 0 Å². The second-order valence-corrected chi connectivity index (χ2v) is 6.22. The van der Waals surface area contributed by atoms with Gasteiger partial charge in [-0.2, -0.15) is 5.10 Å². The molecule has 0 radical (unpaired) electrons. The highest BCUT2D eigenvalue weighted by Crippen LogP contribution is 2.25. The molecule has 7 nitrogen and oxygen atoms in total. The highest BCUT2D eigenvalue weighted by atomic mass is 16.4. The Morgan fingerprint density at radius 2 is 1.89 bits per heavy atom. The molecular weight excluding hydrogens is 354 g/mol. The Morgan fingerprint density at radius 1 is 1.04 bits per heavy atom. The number of pyridine rings is 1. The topological polar surface area (TPSA) is 85.0 Å². The van der Waals surface area contributed by atoms with Crippen LogP contribution in [0.4, 0.5) is 5.69 Å². The van der Waals surface area contributed by atoms with Crippen LogP contribution in [-0.4, -0.2) is 33.3 Å². The zero-order valence-electron chi connectivity index (χ0n) is 15.7. The summed E-state index contributed by atoms with van der Waals surface area (Å²) >= 11 is 0. The van der Waals surface area contributed by atoms with Gasteiger partial charge in [-0.05, 0) is 44.2 Å². The lowest BCUT2D eigenvalue weighted by atomic mass is 10.1. The second kappa shape index (κ2) is 7.56. The first-order chi connectivity index (χ1) is 13.7. The first-order valence-corrected chi connectivity index (χ1v) is 9.14. The van der Waals surface area contributed by atoms with Crippen LogP contribution < -0.4 is 10.5 Å². The van der Waals surface area contributed by atoms with E-state index in [2.05, 4.69) is 38.9 Å². The van der Waals surface area contributed by atoms with Crippen molar-refractivity contribution in [1.29, 1.82) is 0 Å². The van der Waals surface area contributed by atoms with E-state index in [9.17, 15) is 4.79 Å². The molecule has 3 aromatic heterocycles.